The van der Waals surface area contributed by atoms with Gasteiger partial charge in [-0.25, -0.2) is 14.3 Å². The quantitative estimate of drug-likeness (QED) is 0.384. The van der Waals surface area contributed by atoms with Crippen LogP contribution in [-0.4, -0.2) is 63.4 Å². The van der Waals surface area contributed by atoms with E-state index in [0.29, 0.717) is 32.1 Å². The van der Waals surface area contributed by atoms with Crippen molar-refractivity contribution in [3.63, 3.8) is 0 Å². The zero-order chi connectivity index (χ0) is 19.3. The molecule has 0 radical (unpaired) electrons. The van der Waals surface area contributed by atoms with E-state index in [1.165, 1.54) is 4.57 Å². The van der Waals surface area contributed by atoms with Crippen molar-refractivity contribution in [1.29, 1.82) is 0 Å². The number of halogens is 3. The molecule has 26 heavy (non-hydrogen) atoms. The van der Waals surface area contributed by atoms with Crippen LogP contribution in [0.25, 0.3) is 0 Å². The van der Waals surface area contributed by atoms with Gasteiger partial charge in [-0.1, -0.05) is 34.8 Å². The number of hydrogen-bond donors (Lipinski definition) is 2. The molecular weight excluding hydrogens is 413 g/mol. The van der Waals surface area contributed by atoms with Crippen molar-refractivity contribution in [2.24, 2.45) is 0 Å². The molecule has 13 heteroatoms. The van der Waals surface area contributed by atoms with Crippen LogP contribution in [0.1, 0.15) is 5.82 Å². The molecule has 2 heterocycles. The predicted molar refractivity (Wildman–Crippen MR) is 93.7 cm³/mol. The molecule has 0 bridgehead atoms. The van der Waals surface area contributed by atoms with E-state index >= 15 is 0 Å². The lowest BCUT2D eigenvalue weighted by Crippen LogP contribution is -3.21. The molecule has 146 valence electrons. The number of nitrogens with one attached hydrogen (secondary N) is 2. The monoisotopic (exact) mass is 430 g/mol. The van der Waals surface area contributed by atoms with E-state index in [0.717, 1.165) is 11.1 Å². The maximum Gasteiger partial charge on any atom is 0.411 e. The number of nitro groups is 1. The zero-order valence-corrected chi connectivity index (χ0v) is 16.2. The smallest absolute Gasteiger partial charge is 0.411 e. The molecule has 0 aliphatic carbocycles. The summed E-state index contributed by atoms with van der Waals surface area (Å²) in [6.07, 6.45) is -0.440. The highest BCUT2D eigenvalue weighted by atomic mass is 35.6. The number of rotatable bonds is 6. The highest BCUT2D eigenvalue weighted by molar-refractivity contribution is 6.68. The van der Waals surface area contributed by atoms with Crippen molar-refractivity contribution >= 4 is 46.7 Å². The molecule has 1 aromatic heterocycles. The Morgan fingerprint density at radius 3 is 2.77 bits per heavy atom. The molecule has 10 nitrogen and oxygen atoms in total. The van der Waals surface area contributed by atoms with Crippen LogP contribution in [0.5, 0.6) is 0 Å². The topological polar surface area (TPSA) is 113 Å². The van der Waals surface area contributed by atoms with Crippen LogP contribution in [0, 0.1) is 17.0 Å². The second-order valence-electron chi connectivity index (χ2n) is 5.60. The molecular formula is C13H19Cl3N5O5+. The van der Waals surface area contributed by atoms with E-state index in [-0.39, 0.29) is 19.0 Å². The summed E-state index contributed by atoms with van der Waals surface area (Å²) in [6, 6.07) is 0. The van der Waals surface area contributed by atoms with Crippen molar-refractivity contribution in [1.82, 2.24) is 14.9 Å². The third-order valence-electron chi connectivity index (χ3n) is 3.90. The Morgan fingerprint density at radius 2 is 2.19 bits per heavy atom. The van der Waals surface area contributed by atoms with Gasteiger partial charge < -0.3 is 24.5 Å². The predicted octanol–water partition coefficient (Wildman–Crippen LogP) is 0.437. The number of alkyl halides is 3. The standard InChI is InChI=1S/C13H18Cl3N5O5/c1-9-17-8-10(21(23)24)20(9)4-7-26-12(22)18-11(13(14,15)16)19-2-5-25-6-3-19/h8,11H,2-7H2,1H3,(H,18,22)/p+1. The van der Waals surface area contributed by atoms with Gasteiger partial charge in [0.25, 0.3) is 3.79 Å². The minimum absolute atomic E-state index is 0.0818. The Labute approximate surface area is 164 Å². The Hall–Kier alpha value is -1.33. The fourth-order valence-electron chi connectivity index (χ4n) is 2.61. The summed E-state index contributed by atoms with van der Waals surface area (Å²) in [7, 11) is 0. The first-order chi connectivity index (χ1) is 12.2. The second kappa shape index (κ2) is 9.05. The van der Waals surface area contributed by atoms with Gasteiger partial charge in [-0.05, 0) is 4.92 Å². The fourth-order valence-corrected chi connectivity index (χ4v) is 3.23. The van der Waals surface area contributed by atoms with Crippen LogP contribution in [0.3, 0.4) is 0 Å². The number of alkyl carbamates (subject to hydrolysis) is 1. The van der Waals surface area contributed by atoms with Crippen molar-refractivity contribution in [3.8, 4) is 0 Å². The lowest BCUT2D eigenvalue weighted by Gasteiger charge is -2.34. The van der Waals surface area contributed by atoms with Crippen LogP contribution in [0.15, 0.2) is 6.20 Å². The van der Waals surface area contributed by atoms with E-state index in [4.69, 9.17) is 44.3 Å². The maximum atomic E-state index is 12.1. The lowest BCUT2D eigenvalue weighted by atomic mass is 10.3. The molecule has 0 aromatic carbocycles. The van der Waals surface area contributed by atoms with Crippen LogP contribution < -0.4 is 10.2 Å². The number of aromatic nitrogens is 2. The molecule has 0 spiro atoms. The van der Waals surface area contributed by atoms with Crippen molar-refractivity contribution in [2.45, 2.75) is 23.4 Å². The van der Waals surface area contributed by atoms with Crippen molar-refractivity contribution < 1.29 is 24.1 Å². The van der Waals surface area contributed by atoms with E-state index in [1.54, 1.807) is 6.92 Å². The SMILES string of the molecule is Cc1ncc([N+](=O)[O-])n1CCOC(=O)NC([NH+]1CCOCC1)C(Cl)(Cl)Cl. The van der Waals surface area contributed by atoms with Crippen LogP contribution in [-0.2, 0) is 16.0 Å². The molecule has 1 amide bonds. The summed E-state index contributed by atoms with van der Waals surface area (Å²) in [5.74, 6) is 0.265. The van der Waals surface area contributed by atoms with Gasteiger partial charge in [0, 0.05) is 6.92 Å². The van der Waals surface area contributed by atoms with Gasteiger partial charge in [-0.3, -0.25) is 5.32 Å². The molecule has 2 N–H and O–H groups in total. The van der Waals surface area contributed by atoms with Gasteiger partial charge >= 0.3 is 11.9 Å². The van der Waals surface area contributed by atoms with Gasteiger partial charge in [0.1, 0.15) is 32.4 Å². The number of carbonyl (C=O) groups is 1. The average molecular weight is 432 g/mol. The molecule has 1 atom stereocenters. The minimum atomic E-state index is -1.73. The number of morpholine rings is 1. The van der Waals surface area contributed by atoms with Crippen LogP contribution >= 0.6 is 34.8 Å². The van der Waals surface area contributed by atoms with E-state index in [1.807, 2.05) is 0 Å². The van der Waals surface area contributed by atoms with Gasteiger partial charge in [-0.2, -0.15) is 0 Å². The maximum absolute atomic E-state index is 12.1. The summed E-state index contributed by atoms with van der Waals surface area (Å²) in [6.45, 7) is 3.72. The molecule has 1 aliphatic rings. The van der Waals surface area contributed by atoms with Gasteiger partial charge in [-0.15, -0.1) is 0 Å². The van der Waals surface area contributed by atoms with Crippen molar-refractivity contribution in [2.75, 3.05) is 32.9 Å². The fraction of sp³-hybridized carbons (Fsp3) is 0.692. The molecule has 1 aliphatic heterocycles. The molecule has 1 aromatic rings. The largest absolute Gasteiger partial charge is 0.445 e. The lowest BCUT2D eigenvalue weighted by molar-refractivity contribution is -0.934. The second-order valence-corrected chi connectivity index (χ2v) is 7.97. The molecule has 2 rings (SSSR count). The van der Waals surface area contributed by atoms with Crippen molar-refractivity contribution in [3.05, 3.63) is 22.1 Å². The zero-order valence-electron chi connectivity index (χ0n) is 13.9. The van der Waals surface area contributed by atoms with Gasteiger partial charge in [0.15, 0.2) is 5.82 Å². The number of amides is 1. The first-order valence-electron chi connectivity index (χ1n) is 7.79. The summed E-state index contributed by atoms with van der Waals surface area (Å²) in [5.41, 5.74) is 0. The number of hydrogen-bond acceptors (Lipinski definition) is 6. The van der Waals surface area contributed by atoms with Gasteiger partial charge in [0.2, 0.25) is 6.17 Å². The Balaban J connectivity index is 1.90. The Kier molecular flexibility index (Phi) is 7.30. The number of quaternary nitrogens is 1. The number of nitrogens with zero attached hydrogens (tertiary/aromatic N) is 3. The highest BCUT2D eigenvalue weighted by Gasteiger charge is 2.43. The average Bonchev–Trinajstić information content (AvgIpc) is 2.93. The number of ether oxygens (including phenoxy) is 2. The van der Waals surface area contributed by atoms with E-state index < -0.39 is 21.0 Å². The first kappa shape index (κ1) is 21.0. The number of carbonyl (C=O) groups excluding carboxylic acids is 1. The van der Waals surface area contributed by atoms with Gasteiger partial charge in [0.05, 0.1) is 13.2 Å². The summed E-state index contributed by atoms with van der Waals surface area (Å²) < 4.78 is 9.95. The molecule has 1 unspecified atom stereocenters. The summed E-state index contributed by atoms with van der Waals surface area (Å²) in [4.78, 5) is 27.2. The minimum Gasteiger partial charge on any atom is -0.445 e. The normalized spacial score (nSPS) is 16.9. The first-order valence-corrected chi connectivity index (χ1v) is 8.92. The Morgan fingerprint density at radius 1 is 1.54 bits per heavy atom. The molecule has 1 fully saturated rings. The summed E-state index contributed by atoms with van der Waals surface area (Å²) >= 11 is 17.9. The molecule has 0 saturated carbocycles. The number of aryl methyl sites for hydroxylation is 1. The highest BCUT2D eigenvalue weighted by Crippen LogP contribution is 2.28. The Bertz CT molecular complexity index is 645. The van der Waals surface area contributed by atoms with E-state index in [9.17, 15) is 14.9 Å². The van der Waals surface area contributed by atoms with E-state index in [2.05, 4.69) is 10.3 Å². The third kappa shape index (κ3) is 5.58. The molecule has 1 saturated heterocycles. The van der Waals surface area contributed by atoms with Crippen LogP contribution in [0.2, 0.25) is 0 Å². The number of imidazole rings is 1. The third-order valence-corrected chi connectivity index (χ3v) is 4.56. The summed E-state index contributed by atoms with van der Waals surface area (Å²) in [5, 5.41) is 13.5. The van der Waals surface area contributed by atoms with Crippen LogP contribution in [0.4, 0.5) is 10.6 Å².